The monoisotopic (exact) mass is 187 g/mol. The van der Waals surface area contributed by atoms with Crippen LogP contribution in [-0.2, 0) is 4.79 Å². The van der Waals surface area contributed by atoms with Crippen LogP contribution >= 0.6 is 0 Å². The normalized spacial score (nSPS) is 14.2. The summed E-state index contributed by atoms with van der Waals surface area (Å²) in [4.78, 5) is 17.1. The molecule has 70 valence electrons. The average Bonchev–Trinajstić information content (AvgIpc) is 2.18. The summed E-state index contributed by atoms with van der Waals surface area (Å²) in [5.41, 5.74) is 1.65. The molecule has 0 bridgehead atoms. The summed E-state index contributed by atoms with van der Waals surface area (Å²) >= 11 is 0. The SMILES string of the molecule is C#CCN1CC(=O)Nc2ccncc21. The van der Waals surface area contributed by atoms with Crippen LogP contribution in [0.25, 0.3) is 0 Å². The number of hydrogen-bond donors (Lipinski definition) is 1. The van der Waals surface area contributed by atoms with E-state index in [2.05, 4.69) is 16.2 Å². The summed E-state index contributed by atoms with van der Waals surface area (Å²) in [6, 6.07) is 1.76. The maximum atomic E-state index is 11.3. The van der Waals surface area contributed by atoms with E-state index < -0.39 is 0 Å². The van der Waals surface area contributed by atoms with Crippen molar-refractivity contribution in [3.63, 3.8) is 0 Å². The van der Waals surface area contributed by atoms with Crippen molar-refractivity contribution in [1.29, 1.82) is 0 Å². The Kier molecular flexibility index (Phi) is 2.07. The number of carbonyl (C=O) groups is 1. The van der Waals surface area contributed by atoms with Crippen molar-refractivity contribution in [2.24, 2.45) is 0 Å². The molecule has 0 unspecified atom stereocenters. The lowest BCUT2D eigenvalue weighted by molar-refractivity contribution is -0.115. The molecule has 2 rings (SSSR count). The first-order valence-electron chi connectivity index (χ1n) is 4.23. The third-order valence-electron chi connectivity index (χ3n) is 2.03. The lowest BCUT2D eigenvalue weighted by Crippen LogP contribution is -2.38. The minimum atomic E-state index is -0.0426. The van der Waals surface area contributed by atoms with Crippen LogP contribution in [0.2, 0.25) is 0 Å². The Balaban J connectivity index is 2.39. The highest BCUT2D eigenvalue weighted by Gasteiger charge is 2.20. The second-order valence-electron chi connectivity index (χ2n) is 3.00. The molecule has 1 N–H and O–H groups in total. The molecule has 4 nitrogen and oxygen atoms in total. The molecule has 1 aliphatic heterocycles. The molecule has 1 aromatic heterocycles. The van der Waals surface area contributed by atoms with Crippen molar-refractivity contribution in [3.05, 3.63) is 18.5 Å². The van der Waals surface area contributed by atoms with Crippen LogP contribution in [0.4, 0.5) is 11.4 Å². The molecule has 14 heavy (non-hydrogen) atoms. The number of terminal acetylenes is 1. The summed E-state index contributed by atoms with van der Waals surface area (Å²) in [5.74, 6) is 2.47. The van der Waals surface area contributed by atoms with Crippen LogP contribution in [0.15, 0.2) is 18.5 Å². The van der Waals surface area contributed by atoms with E-state index in [1.165, 1.54) is 0 Å². The number of anilines is 2. The Morgan fingerprint density at radius 1 is 1.71 bits per heavy atom. The number of aromatic nitrogens is 1. The molecule has 0 saturated carbocycles. The Morgan fingerprint density at radius 3 is 3.36 bits per heavy atom. The van der Waals surface area contributed by atoms with Crippen molar-refractivity contribution >= 4 is 17.3 Å². The first-order valence-corrected chi connectivity index (χ1v) is 4.23. The van der Waals surface area contributed by atoms with Gasteiger partial charge >= 0.3 is 0 Å². The third-order valence-corrected chi connectivity index (χ3v) is 2.03. The van der Waals surface area contributed by atoms with E-state index in [4.69, 9.17) is 6.42 Å². The van der Waals surface area contributed by atoms with Gasteiger partial charge in [-0.3, -0.25) is 9.78 Å². The van der Waals surface area contributed by atoms with Gasteiger partial charge in [0.1, 0.15) is 0 Å². The number of hydrogen-bond acceptors (Lipinski definition) is 3. The van der Waals surface area contributed by atoms with E-state index in [1.54, 1.807) is 18.5 Å². The van der Waals surface area contributed by atoms with Gasteiger partial charge in [-0.15, -0.1) is 6.42 Å². The van der Waals surface area contributed by atoms with Gasteiger partial charge < -0.3 is 10.2 Å². The van der Waals surface area contributed by atoms with Crippen molar-refractivity contribution < 1.29 is 4.79 Å². The molecule has 0 aromatic carbocycles. The van der Waals surface area contributed by atoms with E-state index in [9.17, 15) is 4.79 Å². The van der Waals surface area contributed by atoms with Gasteiger partial charge in [0.2, 0.25) is 5.91 Å². The van der Waals surface area contributed by atoms with Gasteiger partial charge in [0, 0.05) is 6.20 Å². The van der Waals surface area contributed by atoms with Gasteiger partial charge in [-0.1, -0.05) is 5.92 Å². The van der Waals surface area contributed by atoms with Crippen molar-refractivity contribution in [1.82, 2.24) is 4.98 Å². The highest BCUT2D eigenvalue weighted by molar-refractivity contribution is 6.00. The van der Waals surface area contributed by atoms with Gasteiger partial charge in [0.25, 0.3) is 0 Å². The Labute approximate surface area is 81.9 Å². The second-order valence-corrected chi connectivity index (χ2v) is 3.00. The Bertz CT molecular complexity index is 408. The summed E-state index contributed by atoms with van der Waals surface area (Å²) in [7, 11) is 0. The fourth-order valence-electron chi connectivity index (χ4n) is 1.44. The Morgan fingerprint density at radius 2 is 2.57 bits per heavy atom. The minimum Gasteiger partial charge on any atom is -0.348 e. The molecular weight excluding hydrogens is 178 g/mol. The third kappa shape index (κ3) is 1.40. The second kappa shape index (κ2) is 3.38. The summed E-state index contributed by atoms with van der Waals surface area (Å²) < 4.78 is 0. The molecule has 0 fully saturated rings. The number of amides is 1. The zero-order valence-corrected chi connectivity index (χ0v) is 7.53. The molecule has 0 atom stereocenters. The lowest BCUT2D eigenvalue weighted by atomic mass is 10.2. The molecule has 0 spiro atoms. The van der Waals surface area contributed by atoms with E-state index in [0.29, 0.717) is 13.1 Å². The zero-order chi connectivity index (χ0) is 9.97. The summed E-state index contributed by atoms with van der Waals surface area (Å²) in [5, 5.41) is 2.76. The standard InChI is InChI=1S/C10H9N3O/c1-2-5-13-7-10(14)12-8-3-4-11-6-9(8)13/h1,3-4,6H,5,7H2,(H,12,14). The van der Waals surface area contributed by atoms with Crippen LogP contribution < -0.4 is 10.2 Å². The maximum absolute atomic E-state index is 11.3. The molecular formula is C10H9N3O. The number of rotatable bonds is 1. The van der Waals surface area contributed by atoms with Gasteiger partial charge in [-0.05, 0) is 6.07 Å². The van der Waals surface area contributed by atoms with Gasteiger partial charge in [-0.25, -0.2) is 0 Å². The van der Waals surface area contributed by atoms with E-state index in [1.807, 2.05) is 4.90 Å². The highest BCUT2D eigenvalue weighted by Crippen LogP contribution is 2.27. The largest absolute Gasteiger partial charge is 0.348 e. The summed E-state index contributed by atoms with van der Waals surface area (Å²) in [6.07, 6.45) is 8.56. The smallest absolute Gasteiger partial charge is 0.243 e. The zero-order valence-electron chi connectivity index (χ0n) is 7.53. The van der Waals surface area contributed by atoms with Crippen LogP contribution in [0.3, 0.4) is 0 Å². The molecule has 1 aliphatic rings. The topological polar surface area (TPSA) is 45.2 Å². The van der Waals surface area contributed by atoms with Gasteiger partial charge in [-0.2, -0.15) is 0 Å². The van der Waals surface area contributed by atoms with Crippen LogP contribution in [0.1, 0.15) is 0 Å². The average molecular weight is 187 g/mol. The molecule has 0 saturated heterocycles. The van der Waals surface area contributed by atoms with E-state index in [0.717, 1.165) is 11.4 Å². The van der Waals surface area contributed by atoms with E-state index >= 15 is 0 Å². The number of fused-ring (bicyclic) bond motifs is 1. The molecule has 4 heteroatoms. The fraction of sp³-hybridized carbons (Fsp3) is 0.200. The quantitative estimate of drug-likeness (QED) is 0.650. The predicted molar refractivity (Wildman–Crippen MR) is 53.9 cm³/mol. The van der Waals surface area contributed by atoms with E-state index in [-0.39, 0.29) is 5.91 Å². The number of pyridine rings is 1. The number of carbonyl (C=O) groups excluding carboxylic acids is 1. The maximum Gasteiger partial charge on any atom is 0.243 e. The van der Waals surface area contributed by atoms with Gasteiger partial charge in [0.15, 0.2) is 0 Å². The minimum absolute atomic E-state index is 0.0426. The van der Waals surface area contributed by atoms with Gasteiger partial charge in [0.05, 0.1) is 30.7 Å². The number of nitrogens with one attached hydrogen (secondary N) is 1. The molecule has 1 amide bonds. The highest BCUT2D eigenvalue weighted by atomic mass is 16.2. The number of nitrogens with zero attached hydrogens (tertiary/aromatic N) is 2. The van der Waals surface area contributed by atoms with Crippen LogP contribution in [-0.4, -0.2) is 24.0 Å². The molecule has 2 heterocycles. The molecule has 0 aliphatic carbocycles. The van der Waals surface area contributed by atoms with Crippen LogP contribution in [0, 0.1) is 12.3 Å². The first-order chi connectivity index (χ1) is 6.81. The van der Waals surface area contributed by atoms with Crippen molar-refractivity contribution in [3.8, 4) is 12.3 Å². The molecule has 1 aromatic rings. The predicted octanol–water partition coefficient (Wildman–Crippen LogP) is 0.473. The molecule has 0 radical (unpaired) electrons. The van der Waals surface area contributed by atoms with Crippen molar-refractivity contribution in [2.45, 2.75) is 0 Å². The lowest BCUT2D eigenvalue weighted by Gasteiger charge is -2.28. The Hall–Kier alpha value is -2.02. The summed E-state index contributed by atoms with van der Waals surface area (Å²) in [6.45, 7) is 0.717. The van der Waals surface area contributed by atoms with Crippen LogP contribution in [0.5, 0.6) is 0 Å². The fourth-order valence-corrected chi connectivity index (χ4v) is 1.44. The first kappa shape index (κ1) is 8.57. The van der Waals surface area contributed by atoms with Crippen molar-refractivity contribution in [2.75, 3.05) is 23.3 Å².